The maximum Gasteiger partial charge on any atom is 0.0591 e. The first-order valence-electron chi connectivity index (χ1n) is 6.49. The molecule has 0 spiro atoms. The topological polar surface area (TPSA) is 20.2 Å². The normalized spacial score (nSPS) is 12.2. The molecule has 0 bridgehead atoms. The van der Waals surface area contributed by atoms with Gasteiger partial charge in [0.25, 0.3) is 0 Å². The summed E-state index contributed by atoms with van der Waals surface area (Å²) in [6, 6.07) is 8.62. The third-order valence-corrected chi connectivity index (χ3v) is 2.83. The Morgan fingerprint density at radius 3 is 2.71 bits per heavy atom. The van der Waals surface area contributed by atoms with Gasteiger partial charge in [-0.05, 0) is 50.7 Å². The summed E-state index contributed by atoms with van der Waals surface area (Å²) >= 11 is 0. The summed E-state index contributed by atoms with van der Waals surface area (Å²) in [5.41, 5.74) is 2.12. The fourth-order valence-corrected chi connectivity index (χ4v) is 1.79. The van der Waals surface area contributed by atoms with Crippen LogP contribution in [0.25, 0.3) is 6.08 Å². The molecule has 1 aromatic rings. The number of aliphatic hydroxyl groups is 1. The largest absolute Gasteiger partial charge is 0.390 e. The summed E-state index contributed by atoms with van der Waals surface area (Å²) in [7, 11) is 0. The minimum Gasteiger partial charge on any atom is -0.390 e. The first-order chi connectivity index (χ1) is 8.01. The van der Waals surface area contributed by atoms with Crippen molar-refractivity contribution in [3.8, 4) is 0 Å². The molecule has 1 aromatic carbocycles. The van der Waals surface area contributed by atoms with Gasteiger partial charge in [-0.25, -0.2) is 0 Å². The van der Waals surface area contributed by atoms with Crippen LogP contribution in [0.4, 0.5) is 0 Å². The molecule has 0 aliphatic rings. The molecule has 94 valence electrons. The summed E-state index contributed by atoms with van der Waals surface area (Å²) in [5, 5.41) is 9.58. The molecule has 0 atom stereocenters. The zero-order valence-electron chi connectivity index (χ0n) is 11.2. The second-order valence-electron chi connectivity index (χ2n) is 5.21. The zero-order chi connectivity index (χ0) is 12.7. The van der Waals surface area contributed by atoms with Crippen LogP contribution in [-0.4, -0.2) is 10.7 Å². The van der Waals surface area contributed by atoms with Gasteiger partial charge in [0.05, 0.1) is 5.60 Å². The molecule has 17 heavy (non-hydrogen) atoms. The Balaban J connectivity index is 2.38. The van der Waals surface area contributed by atoms with Gasteiger partial charge in [-0.3, -0.25) is 0 Å². The van der Waals surface area contributed by atoms with Crippen LogP contribution in [0.5, 0.6) is 0 Å². The van der Waals surface area contributed by atoms with Crippen molar-refractivity contribution >= 4 is 6.08 Å². The Bertz CT molecular complexity index is 358. The molecule has 0 amide bonds. The predicted octanol–water partition coefficient (Wildman–Crippen LogP) is 4.20. The van der Waals surface area contributed by atoms with Gasteiger partial charge in [0.15, 0.2) is 0 Å². The van der Waals surface area contributed by atoms with E-state index < -0.39 is 5.60 Å². The van der Waals surface area contributed by atoms with Gasteiger partial charge in [-0.1, -0.05) is 43.3 Å². The van der Waals surface area contributed by atoms with Crippen molar-refractivity contribution < 1.29 is 5.11 Å². The van der Waals surface area contributed by atoms with E-state index in [-0.39, 0.29) is 0 Å². The molecular formula is C16H24O. The summed E-state index contributed by atoms with van der Waals surface area (Å²) in [4.78, 5) is 0. The van der Waals surface area contributed by atoms with E-state index in [4.69, 9.17) is 0 Å². The molecule has 1 nitrogen and oxygen atoms in total. The summed E-state index contributed by atoms with van der Waals surface area (Å²) in [6.07, 6.45) is 8.37. The molecule has 0 heterocycles. The predicted molar refractivity (Wildman–Crippen MR) is 75.0 cm³/mol. The van der Waals surface area contributed by atoms with E-state index in [0.29, 0.717) is 0 Å². The average Bonchev–Trinajstić information content (AvgIpc) is 2.27. The highest BCUT2D eigenvalue weighted by molar-refractivity contribution is 5.50. The quantitative estimate of drug-likeness (QED) is 0.729. The van der Waals surface area contributed by atoms with E-state index in [1.165, 1.54) is 11.1 Å². The monoisotopic (exact) mass is 232 g/mol. The maximum atomic E-state index is 9.58. The van der Waals surface area contributed by atoms with E-state index in [0.717, 1.165) is 25.7 Å². The molecule has 1 heteroatoms. The van der Waals surface area contributed by atoms with Crippen molar-refractivity contribution in [3.05, 3.63) is 41.5 Å². The molecule has 0 unspecified atom stereocenters. The highest BCUT2D eigenvalue weighted by atomic mass is 16.3. The van der Waals surface area contributed by atoms with Crippen LogP contribution in [0.15, 0.2) is 30.3 Å². The third-order valence-electron chi connectivity index (χ3n) is 2.83. The first kappa shape index (κ1) is 14.0. The number of rotatable bonds is 6. The number of allylic oxidation sites excluding steroid dienone is 1. The van der Waals surface area contributed by atoms with Crippen molar-refractivity contribution in [3.63, 3.8) is 0 Å². The number of hydrogen-bond acceptors (Lipinski definition) is 1. The van der Waals surface area contributed by atoms with Crippen molar-refractivity contribution in [2.75, 3.05) is 0 Å². The standard InChI is InChI=1S/C16H24O/c1-4-14-10-8-11-15(13-14)9-6-5-7-12-16(2,3)17/h6,8-11,13,17H,4-5,7,12H2,1-3H3/b9-6+. The van der Waals surface area contributed by atoms with Gasteiger partial charge in [-0.2, -0.15) is 0 Å². The van der Waals surface area contributed by atoms with E-state index in [2.05, 4.69) is 43.3 Å². The Morgan fingerprint density at radius 2 is 2.06 bits per heavy atom. The highest BCUT2D eigenvalue weighted by Gasteiger charge is 2.10. The van der Waals surface area contributed by atoms with Crippen molar-refractivity contribution in [2.45, 2.75) is 52.1 Å². The fourth-order valence-electron chi connectivity index (χ4n) is 1.79. The number of unbranched alkanes of at least 4 members (excludes halogenated alkanes) is 1. The number of aryl methyl sites for hydroxylation is 1. The molecule has 0 radical (unpaired) electrons. The Kier molecular flexibility index (Phi) is 5.43. The zero-order valence-corrected chi connectivity index (χ0v) is 11.2. The van der Waals surface area contributed by atoms with E-state index in [1.54, 1.807) is 0 Å². The Morgan fingerprint density at radius 1 is 1.29 bits per heavy atom. The van der Waals surface area contributed by atoms with Crippen molar-refractivity contribution in [2.24, 2.45) is 0 Å². The van der Waals surface area contributed by atoms with Crippen LogP contribution in [-0.2, 0) is 6.42 Å². The van der Waals surface area contributed by atoms with Gasteiger partial charge in [0.2, 0.25) is 0 Å². The molecule has 0 aromatic heterocycles. The first-order valence-corrected chi connectivity index (χ1v) is 6.49. The van der Waals surface area contributed by atoms with Crippen LogP contribution < -0.4 is 0 Å². The Labute approximate surface area is 105 Å². The average molecular weight is 232 g/mol. The van der Waals surface area contributed by atoms with Gasteiger partial charge < -0.3 is 5.11 Å². The van der Waals surface area contributed by atoms with Crippen molar-refractivity contribution in [1.82, 2.24) is 0 Å². The SMILES string of the molecule is CCc1cccc(/C=C/CCCC(C)(C)O)c1. The van der Waals surface area contributed by atoms with E-state index >= 15 is 0 Å². The van der Waals surface area contributed by atoms with Gasteiger partial charge in [0.1, 0.15) is 0 Å². The van der Waals surface area contributed by atoms with E-state index in [1.807, 2.05) is 13.8 Å². The smallest absolute Gasteiger partial charge is 0.0591 e. The van der Waals surface area contributed by atoms with Gasteiger partial charge in [-0.15, -0.1) is 0 Å². The molecule has 0 aliphatic heterocycles. The minimum absolute atomic E-state index is 0.532. The molecular weight excluding hydrogens is 208 g/mol. The Hall–Kier alpha value is -1.08. The molecule has 0 aliphatic carbocycles. The number of benzene rings is 1. The molecule has 0 saturated heterocycles. The van der Waals surface area contributed by atoms with E-state index in [9.17, 15) is 5.11 Å². The second-order valence-corrected chi connectivity index (χ2v) is 5.21. The highest BCUT2D eigenvalue weighted by Crippen LogP contribution is 2.13. The molecule has 1 rings (SSSR count). The van der Waals surface area contributed by atoms with Crippen LogP contribution in [0.1, 0.15) is 51.2 Å². The van der Waals surface area contributed by atoms with Gasteiger partial charge in [0, 0.05) is 0 Å². The lowest BCUT2D eigenvalue weighted by Crippen LogP contribution is -2.17. The van der Waals surface area contributed by atoms with Crippen LogP contribution in [0.2, 0.25) is 0 Å². The second kappa shape index (κ2) is 6.61. The molecule has 0 saturated carbocycles. The van der Waals surface area contributed by atoms with Crippen LogP contribution in [0, 0.1) is 0 Å². The molecule has 0 fully saturated rings. The minimum atomic E-state index is -0.532. The fraction of sp³-hybridized carbons (Fsp3) is 0.500. The summed E-state index contributed by atoms with van der Waals surface area (Å²) in [6.45, 7) is 5.90. The lowest BCUT2D eigenvalue weighted by Gasteiger charge is -2.15. The maximum absolute atomic E-state index is 9.58. The van der Waals surface area contributed by atoms with Crippen molar-refractivity contribution in [1.29, 1.82) is 0 Å². The summed E-state index contributed by atoms with van der Waals surface area (Å²) in [5.74, 6) is 0. The molecule has 1 N–H and O–H groups in total. The van der Waals surface area contributed by atoms with Gasteiger partial charge >= 0.3 is 0 Å². The third kappa shape index (κ3) is 6.28. The van der Waals surface area contributed by atoms with Crippen LogP contribution >= 0.6 is 0 Å². The van der Waals surface area contributed by atoms with Crippen LogP contribution in [0.3, 0.4) is 0 Å². The lowest BCUT2D eigenvalue weighted by molar-refractivity contribution is 0.0691. The number of hydrogen-bond donors (Lipinski definition) is 1. The summed E-state index contributed by atoms with van der Waals surface area (Å²) < 4.78 is 0. The lowest BCUT2D eigenvalue weighted by atomic mass is 10.0.